The molecule has 0 aromatic heterocycles. The van der Waals surface area contributed by atoms with Crippen LogP contribution in [0.1, 0.15) is 37.7 Å². The molecule has 1 aliphatic heterocycles. The van der Waals surface area contributed by atoms with Gasteiger partial charge in [-0.1, -0.05) is 12.1 Å². The summed E-state index contributed by atoms with van der Waals surface area (Å²) in [5, 5.41) is 38.6. The smallest absolute Gasteiger partial charge is 0.326 e. The van der Waals surface area contributed by atoms with E-state index in [0.29, 0.717) is 30.7 Å². The van der Waals surface area contributed by atoms with E-state index < -0.39 is 54.3 Å². The first-order chi connectivity index (χ1) is 17.6. The van der Waals surface area contributed by atoms with E-state index in [2.05, 4.69) is 21.3 Å². The van der Waals surface area contributed by atoms with E-state index in [1.165, 1.54) is 23.9 Å². The number of rotatable bonds is 15. The summed E-state index contributed by atoms with van der Waals surface area (Å²) in [5.41, 5.74) is 0.579. The summed E-state index contributed by atoms with van der Waals surface area (Å²) in [6.07, 6.45) is 2.84. The number of aromatic hydroxyl groups is 1. The summed E-state index contributed by atoms with van der Waals surface area (Å²) in [6, 6.07) is 1.93. The maximum absolute atomic E-state index is 13.2. The topological polar surface area (TPSA) is 194 Å². The number of nitrogens with one attached hydrogen (secondary N) is 4. The lowest BCUT2D eigenvalue weighted by Gasteiger charge is -2.25. The molecule has 7 N–H and O–H groups in total. The minimum atomic E-state index is -1.47. The number of phenols is 1. The Hall–Kier alpha value is -3.32. The van der Waals surface area contributed by atoms with Crippen LogP contribution in [0.15, 0.2) is 24.3 Å². The molecular weight excluding hydrogens is 504 g/mol. The van der Waals surface area contributed by atoms with Crippen LogP contribution in [-0.2, 0) is 30.4 Å². The number of carbonyl (C=O) groups excluding carboxylic acids is 3. The van der Waals surface area contributed by atoms with Crippen molar-refractivity contribution in [1.29, 1.82) is 0 Å². The van der Waals surface area contributed by atoms with Gasteiger partial charge in [0.25, 0.3) is 0 Å². The van der Waals surface area contributed by atoms with E-state index in [4.69, 9.17) is 5.11 Å². The maximum Gasteiger partial charge on any atom is 0.326 e. The van der Waals surface area contributed by atoms with Gasteiger partial charge < -0.3 is 36.6 Å². The summed E-state index contributed by atoms with van der Waals surface area (Å²) in [7, 11) is 0. The maximum atomic E-state index is 13.2. The highest BCUT2D eigenvalue weighted by Gasteiger charge is 2.31. The van der Waals surface area contributed by atoms with E-state index in [1.807, 2.05) is 6.26 Å². The third-order valence-corrected chi connectivity index (χ3v) is 6.53. The molecule has 0 saturated carbocycles. The zero-order valence-corrected chi connectivity index (χ0v) is 21.4. The van der Waals surface area contributed by atoms with Gasteiger partial charge in [0.15, 0.2) is 0 Å². The molecule has 1 saturated heterocycles. The second-order valence-corrected chi connectivity index (χ2v) is 9.74. The number of benzene rings is 1. The molecule has 1 fully saturated rings. The van der Waals surface area contributed by atoms with Crippen LogP contribution >= 0.6 is 11.8 Å². The third-order valence-electron chi connectivity index (χ3n) is 5.89. The monoisotopic (exact) mass is 538 g/mol. The van der Waals surface area contributed by atoms with Crippen molar-refractivity contribution < 1.29 is 39.3 Å². The number of hydrogen-bond donors (Lipinski definition) is 7. The predicted molar refractivity (Wildman–Crippen MR) is 136 cm³/mol. The molecule has 4 atom stereocenters. The van der Waals surface area contributed by atoms with Gasteiger partial charge in [0.2, 0.25) is 17.7 Å². The van der Waals surface area contributed by atoms with Crippen LogP contribution in [-0.4, -0.2) is 87.7 Å². The van der Waals surface area contributed by atoms with Crippen LogP contribution in [0, 0.1) is 0 Å². The Morgan fingerprint density at radius 2 is 1.62 bits per heavy atom. The molecule has 1 heterocycles. The lowest BCUT2D eigenvalue weighted by Crippen LogP contribution is -2.57. The normalized spacial score (nSPS) is 17.3. The lowest BCUT2D eigenvalue weighted by molar-refractivity contribution is -0.143. The van der Waals surface area contributed by atoms with Gasteiger partial charge in [-0.05, 0) is 61.9 Å². The fourth-order valence-corrected chi connectivity index (χ4v) is 4.30. The molecule has 0 spiro atoms. The summed E-state index contributed by atoms with van der Waals surface area (Å²) in [5.74, 6) is -3.76. The molecule has 4 unspecified atom stereocenters. The molecule has 1 aliphatic rings. The van der Waals surface area contributed by atoms with Crippen LogP contribution in [0.5, 0.6) is 5.75 Å². The van der Waals surface area contributed by atoms with Crippen molar-refractivity contribution in [3.8, 4) is 5.75 Å². The molecule has 204 valence electrons. The van der Waals surface area contributed by atoms with E-state index in [-0.39, 0.29) is 24.5 Å². The van der Waals surface area contributed by atoms with Crippen molar-refractivity contribution in [3.05, 3.63) is 29.8 Å². The average molecular weight is 539 g/mol. The number of thioether (sulfide) groups is 1. The van der Waals surface area contributed by atoms with Crippen LogP contribution in [0.25, 0.3) is 0 Å². The molecule has 1 aromatic carbocycles. The van der Waals surface area contributed by atoms with E-state index in [0.717, 1.165) is 6.42 Å². The van der Waals surface area contributed by atoms with Crippen molar-refractivity contribution in [2.75, 3.05) is 18.6 Å². The molecule has 3 amide bonds. The summed E-state index contributed by atoms with van der Waals surface area (Å²) in [4.78, 5) is 61.4. The Bertz CT molecular complexity index is 953. The molecule has 12 nitrogen and oxygen atoms in total. The van der Waals surface area contributed by atoms with Crippen LogP contribution in [0.3, 0.4) is 0 Å². The predicted octanol–water partition coefficient (Wildman–Crippen LogP) is -0.156. The van der Waals surface area contributed by atoms with E-state index in [9.17, 15) is 34.2 Å². The van der Waals surface area contributed by atoms with Gasteiger partial charge in [-0.2, -0.15) is 11.8 Å². The van der Waals surface area contributed by atoms with Crippen molar-refractivity contribution in [2.24, 2.45) is 0 Å². The molecule has 37 heavy (non-hydrogen) atoms. The number of carbonyl (C=O) groups is 5. The lowest BCUT2D eigenvalue weighted by atomic mass is 10.0. The second-order valence-electron chi connectivity index (χ2n) is 8.76. The van der Waals surface area contributed by atoms with E-state index >= 15 is 0 Å². The Kier molecular flexibility index (Phi) is 12.2. The highest BCUT2D eigenvalue weighted by Crippen LogP contribution is 2.13. The third kappa shape index (κ3) is 10.3. The van der Waals surface area contributed by atoms with Crippen molar-refractivity contribution >= 4 is 41.4 Å². The van der Waals surface area contributed by atoms with Gasteiger partial charge in [-0.25, -0.2) is 4.79 Å². The molecular formula is C24H34N4O8S. The van der Waals surface area contributed by atoms with Gasteiger partial charge >= 0.3 is 11.9 Å². The average Bonchev–Trinajstić information content (AvgIpc) is 3.39. The summed E-state index contributed by atoms with van der Waals surface area (Å²) in [6.45, 7) is 0.710. The minimum absolute atomic E-state index is 0.00811. The standard InChI is InChI=1S/C24H34N4O8S/c1-37-12-10-17(26-21(32)16-3-2-11-25-16)22(33)28-19(13-14-4-6-15(29)7-5-14)23(34)27-18(24(35)36)8-9-20(30)31/h4-7,16-19,25,29H,2-3,8-13H2,1H3,(H,26,32)(H,27,34)(H,28,33)(H,30,31)(H,35,36). The van der Waals surface area contributed by atoms with Gasteiger partial charge in [0.1, 0.15) is 23.9 Å². The highest BCUT2D eigenvalue weighted by molar-refractivity contribution is 7.98. The number of amides is 3. The van der Waals surface area contributed by atoms with Crippen molar-refractivity contribution in [1.82, 2.24) is 21.3 Å². The molecule has 13 heteroatoms. The number of carboxylic acid groups (broad SMARTS) is 2. The van der Waals surface area contributed by atoms with Crippen molar-refractivity contribution in [2.45, 2.75) is 62.7 Å². The van der Waals surface area contributed by atoms with Gasteiger partial charge in [0, 0.05) is 12.8 Å². The summed E-state index contributed by atoms with van der Waals surface area (Å²) >= 11 is 1.49. The molecule has 1 aromatic rings. The Labute approximate surface area is 219 Å². The molecule has 2 rings (SSSR count). The quantitative estimate of drug-likeness (QED) is 0.158. The molecule has 0 bridgehead atoms. The molecule has 0 aliphatic carbocycles. The first-order valence-electron chi connectivity index (χ1n) is 12.0. The van der Waals surface area contributed by atoms with Gasteiger partial charge in [-0.3, -0.25) is 19.2 Å². The van der Waals surface area contributed by atoms with Gasteiger partial charge in [0.05, 0.1) is 6.04 Å². The first kappa shape index (κ1) is 29.9. The fraction of sp³-hybridized carbons (Fsp3) is 0.542. The van der Waals surface area contributed by atoms with Crippen LogP contribution in [0.2, 0.25) is 0 Å². The van der Waals surface area contributed by atoms with Crippen LogP contribution < -0.4 is 21.3 Å². The number of aliphatic carboxylic acids is 2. The first-order valence-corrected chi connectivity index (χ1v) is 13.4. The van der Waals surface area contributed by atoms with Crippen LogP contribution in [0.4, 0.5) is 0 Å². The zero-order valence-electron chi connectivity index (χ0n) is 20.6. The number of carboxylic acids is 2. The van der Waals surface area contributed by atoms with Crippen molar-refractivity contribution in [3.63, 3.8) is 0 Å². The number of phenolic OH excluding ortho intramolecular Hbond substituents is 1. The fourth-order valence-electron chi connectivity index (χ4n) is 3.83. The Balaban J connectivity index is 2.20. The Morgan fingerprint density at radius 1 is 0.973 bits per heavy atom. The highest BCUT2D eigenvalue weighted by atomic mass is 32.2. The molecule has 0 radical (unpaired) electrons. The van der Waals surface area contributed by atoms with Gasteiger partial charge in [-0.15, -0.1) is 0 Å². The Morgan fingerprint density at radius 3 is 2.19 bits per heavy atom. The number of hydrogen-bond acceptors (Lipinski definition) is 8. The minimum Gasteiger partial charge on any atom is -0.508 e. The zero-order chi connectivity index (χ0) is 27.4. The second kappa shape index (κ2) is 15.1. The van der Waals surface area contributed by atoms with E-state index in [1.54, 1.807) is 12.1 Å². The SMILES string of the molecule is CSCCC(NC(=O)C1CCCN1)C(=O)NC(Cc1ccc(O)cc1)C(=O)NC(CCC(=O)O)C(=O)O. The largest absolute Gasteiger partial charge is 0.508 e. The summed E-state index contributed by atoms with van der Waals surface area (Å²) < 4.78 is 0.